The fraction of sp³-hybridized carbons (Fsp3) is 0.733. The number of carbonyl (C=O) groups excluding carboxylic acids is 1. The van der Waals surface area contributed by atoms with Gasteiger partial charge < -0.3 is 14.0 Å². The molecule has 1 saturated heterocycles. The molecule has 2 heterocycles. The molecule has 25 heavy (non-hydrogen) atoms. The highest BCUT2D eigenvalue weighted by molar-refractivity contribution is 7.91. The fourth-order valence-corrected chi connectivity index (χ4v) is 3.72. The predicted molar refractivity (Wildman–Crippen MR) is 90.5 cm³/mol. The Morgan fingerprint density at radius 2 is 2.04 bits per heavy atom. The van der Waals surface area contributed by atoms with E-state index in [4.69, 9.17) is 14.0 Å². The highest BCUT2D eigenvalue weighted by Gasteiger charge is 2.36. The van der Waals surface area contributed by atoms with E-state index in [1.54, 1.807) is 26.8 Å². The van der Waals surface area contributed by atoms with Crippen LogP contribution in [0, 0.1) is 0 Å². The van der Waals surface area contributed by atoms with Crippen molar-refractivity contribution in [1.82, 2.24) is 9.88 Å². The average Bonchev–Trinajstić information content (AvgIpc) is 2.94. The summed E-state index contributed by atoms with van der Waals surface area (Å²) in [6, 6.07) is 1.16. The third kappa shape index (κ3) is 5.33. The minimum Gasteiger partial charge on any atom is -0.443 e. The van der Waals surface area contributed by atoms with Crippen LogP contribution in [-0.4, -0.2) is 44.5 Å². The number of hydrogen-bond acceptors (Lipinski definition) is 7. The summed E-state index contributed by atoms with van der Waals surface area (Å²) in [5.41, 5.74) is -0.190. The van der Waals surface area contributed by atoms with Crippen LogP contribution in [0.2, 0.25) is 0 Å². The van der Waals surface area contributed by atoms with Crippen LogP contribution in [0.15, 0.2) is 10.6 Å². The second-order valence-electron chi connectivity index (χ2n) is 6.76. The van der Waals surface area contributed by atoms with E-state index in [1.165, 1.54) is 0 Å². The standard InChI is InChI=1S/C15H25N3O6S/c1-5-11-10-13(24-16-11)18(12-6-8-22-9-7-12)25(20,21)17-14(19)23-15(2,3)4/h10,12H,5-9H2,1-4H3,(H,17,19). The van der Waals surface area contributed by atoms with Crippen molar-refractivity contribution in [2.75, 3.05) is 17.5 Å². The number of ether oxygens (including phenoxy) is 2. The van der Waals surface area contributed by atoms with Crippen molar-refractivity contribution < 1.29 is 27.2 Å². The lowest BCUT2D eigenvalue weighted by atomic mass is 10.1. The van der Waals surface area contributed by atoms with Gasteiger partial charge in [0.2, 0.25) is 5.88 Å². The Morgan fingerprint density at radius 3 is 2.56 bits per heavy atom. The summed E-state index contributed by atoms with van der Waals surface area (Å²) in [6.45, 7) is 7.70. The smallest absolute Gasteiger partial charge is 0.422 e. The van der Waals surface area contributed by atoms with Crippen molar-refractivity contribution in [3.63, 3.8) is 0 Å². The van der Waals surface area contributed by atoms with Gasteiger partial charge in [-0.3, -0.25) is 0 Å². The van der Waals surface area contributed by atoms with Gasteiger partial charge in [0.1, 0.15) is 5.60 Å². The van der Waals surface area contributed by atoms with Crippen molar-refractivity contribution in [2.24, 2.45) is 0 Å². The van der Waals surface area contributed by atoms with Gasteiger partial charge >= 0.3 is 16.3 Å². The van der Waals surface area contributed by atoms with Crippen molar-refractivity contribution in [1.29, 1.82) is 0 Å². The lowest BCUT2D eigenvalue weighted by molar-refractivity contribution is 0.0569. The first-order valence-corrected chi connectivity index (χ1v) is 9.65. The fourth-order valence-electron chi connectivity index (χ4n) is 2.44. The molecule has 142 valence electrons. The third-order valence-corrected chi connectivity index (χ3v) is 4.94. The maximum atomic E-state index is 12.8. The van der Waals surface area contributed by atoms with Gasteiger partial charge in [-0.2, -0.15) is 8.42 Å². The summed E-state index contributed by atoms with van der Waals surface area (Å²) in [5, 5.41) is 3.85. The van der Waals surface area contributed by atoms with E-state index in [0.717, 1.165) is 4.31 Å². The van der Waals surface area contributed by atoms with E-state index in [1.807, 2.05) is 11.6 Å². The SMILES string of the molecule is CCc1cc(N(C2CCOCC2)S(=O)(=O)NC(=O)OC(C)(C)C)on1. The van der Waals surface area contributed by atoms with Gasteiger partial charge in [0.25, 0.3) is 0 Å². The van der Waals surface area contributed by atoms with Crippen LogP contribution >= 0.6 is 0 Å². The molecule has 10 heteroatoms. The van der Waals surface area contributed by atoms with Crippen LogP contribution < -0.4 is 9.03 Å². The maximum Gasteiger partial charge on any atom is 0.422 e. The van der Waals surface area contributed by atoms with Gasteiger partial charge in [0.15, 0.2) is 0 Å². The molecule has 1 aromatic rings. The van der Waals surface area contributed by atoms with Crippen LogP contribution in [0.5, 0.6) is 0 Å². The predicted octanol–water partition coefficient (Wildman–Crippen LogP) is 1.99. The lowest BCUT2D eigenvalue weighted by Gasteiger charge is -2.32. The number of hydrogen-bond donors (Lipinski definition) is 1. The molecule has 0 aliphatic carbocycles. The Labute approximate surface area is 147 Å². The Hall–Kier alpha value is -1.81. The Kier molecular flexibility index (Phi) is 5.94. The molecule has 0 atom stereocenters. The van der Waals surface area contributed by atoms with E-state index >= 15 is 0 Å². The zero-order valence-corrected chi connectivity index (χ0v) is 15.8. The highest BCUT2D eigenvalue weighted by atomic mass is 32.2. The molecule has 0 unspecified atom stereocenters. The molecule has 1 amide bonds. The molecular formula is C15H25N3O6S. The summed E-state index contributed by atoms with van der Waals surface area (Å²) in [4.78, 5) is 11.9. The first-order valence-electron chi connectivity index (χ1n) is 8.21. The van der Waals surface area contributed by atoms with E-state index in [0.29, 0.717) is 38.2 Å². The number of aromatic nitrogens is 1. The van der Waals surface area contributed by atoms with Gasteiger partial charge in [-0.05, 0) is 40.0 Å². The molecule has 1 aromatic heterocycles. The molecule has 0 bridgehead atoms. The summed E-state index contributed by atoms with van der Waals surface area (Å²) in [6.07, 6.45) is 0.527. The monoisotopic (exact) mass is 375 g/mol. The Morgan fingerprint density at radius 1 is 1.40 bits per heavy atom. The van der Waals surface area contributed by atoms with E-state index < -0.39 is 27.9 Å². The molecule has 1 aliphatic rings. The number of nitrogens with zero attached hydrogens (tertiary/aromatic N) is 2. The van der Waals surface area contributed by atoms with E-state index in [-0.39, 0.29) is 5.88 Å². The first-order chi connectivity index (χ1) is 11.6. The van der Waals surface area contributed by atoms with Gasteiger partial charge in [0.05, 0.1) is 11.7 Å². The van der Waals surface area contributed by atoms with Gasteiger partial charge in [0, 0.05) is 19.3 Å². The molecule has 2 rings (SSSR count). The van der Waals surface area contributed by atoms with Crippen LogP contribution in [0.25, 0.3) is 0 Å². The Bertz CT molecular complexity index is 688. The second kappa shape index (κ2) is 7.61. The van der Waals surface area contributed by atoms with Crippen LogP contribution in [0.3, 0.4) is 0 Å². The quantitative estimate of drug-likeness (QED) is 0.838. The molecule has 1 aliphatic heterocycles. The van der Waals surface area contributed by atoms with Crippen molar-refractivity contribution in [2.45, 2.75) is 58.6 Å². The molecule has 0 saturated carbocycles. The molecular weight excluding hydrogens is 350 g/mol. The average molecular weight is 375 g/mol. The van der Waals surface area contributed by atoms with Crippen LogP contribution in [-0.2, 0) is 26.1 Å². The normalized spacial score (nSPS) is 16.5. The second-order valence-corrected chi connectivity index (χ2v) is 8.31. The minimum absolute atomic E-state index is 0.0693. The van der Waals surface area contributed by atoms with Crippen molar-refractivity contribution in [3.8, 4) is 0 Å². The zero-order valence-electron chi connectivity index (χ0n) is 14.9. The summed E-state index contributed by atoms with van der Waals surface area (Å²) >= 11 is 0. The number of anilines is 1. The molecule has 9 nitrogen and oxygen atoms in total. The molecule has 1 N–H and O–H groups in total. The first kappa shape index (κ1) is 19.5. The zero-order chi connectivity index (χ0) is 18.7. The van der Waals surface area contributed by atoms with Gasteiger partial charge in [-0.15, -0.1) is 0 Å². The van der Waals surface area contributed by atoms with Crippen molar-refractivity contribution >= 4 is 22.2 Å². The molecule has 0 spiro atoms. The number of amides is 1. The third-order valence-electron chi connectivity index (χ3n) is 3.52. The Balaban J connectivity index is 2.28. The topological polar surface area (TPSA) is 111 Å². The van der Waals surface area contributed by atoms with Gasteiger partial charge in [-0.25, -0.2) is 13.8 Å². The molecule has 0 aromatic carbocycles. The minimum atomic E-state index is -4.22. The van der Waals surface area contributed by atoms with Crippen LogP contribution in [0.1, 0.15) is 46.2 Å². The molecule has 1 fully saturated rings. The summed E-state index contributed by atoms with van der Waals surface area (Å²) in [5.74, 6) is 0.0693. The number of rotatable bonds is 5. The van der Waals surface area contributed by atoms with Gasteiger partial charge in [-0.1, -0.05) is 12.1 Å². The van der Waals surface area contributed by atoms with Crippen molar-refractivity contribution in [3.05, 3.63) is 11.8 Å². The summed E-state index contributed by atoms with van der Waals surface area (Å²) < 4.78 is 44.2. The molecule has 0 radical (unpaired) electrons. The van der Waals surface area contributed by atoms with E-state index in [9.17, 15) is 13.2 Å². The largest absolute Gasteiger partial charge is 0.443 e. The number of nitrogens with one attached hydrogen (secondary N) is 1. The maximum absolute atomic E-state index is 12.8. The lowest BCUT2D eigenvalue weighted by Crippen LogP contribution is -2.51. The summed E-state index contributed by atoms with van der Waals surface area (Å²) in [7, 11) is -4.22. The number of carbonyl (C=O) groups is 1. The highest BCUT2D eigenvalue weighted by Crippen LogP contribution is 2.27. The van der Waals surface area contributed by atoms with Crippen LogP contribution in [0.4, 0.5) is 10.7 Å². The van der Waals surface area contributed by atoms with E-state index in [2.05, 4.69) is 5.16 Å². The number of aryl methyl sites for hydroxylation is 1.